The van der Waals surface area contributed by atoms with E-state index >= 15 is 0 Å². The van der Waals surface area contributed by atoms with Crippen molar-refractivity contribution in [1.82, 2.24) is 15.0 Å². The zero-order chi connectivity index (χ0) is 27.0. The molecule has 0 radical (unpaired) electrons. The number of aliphatic hydroxyl groups is 1. The Kier molecular flexibility index (Phi) is 9.51. The molecule has 0 saturated heterocycles. The van der Waals surface area contributed by atoms with Crippen LogP contribution < -0.4 is 14.8 Å². The molecule has 0 unspecified atom stereocenters. The molecular formula is C29H38N4O4S. The summed E-state index contributed by atoms with van der Waals surface area (Å²) in [6, 6.07) is 20.7. The summed E-state index contributed by atoms with van der Waals surface area (Å²) in [6.07, 6.45) is 5.76. The van der Waals surface area contributed by atoms with Gasteiger partial charge in [-0.1, -0.05) is 48.5 Å². The van der Waals surface area contributed by atoms with Gasteiger partial charge in [-0.2, -0.15) is 13.1 Å². The second kappa shape index (κ2) is 12.8. The zero-order valence-corrected chi connectivity index (χ0v) is 22.8. The van der Waals surface area contributed by atoms with E-state index in [0.717, 1.165) is 36.0 Å². The fourth-order valence-corrected chi connectivity index (χ4v) is 5.92. The van der Waals surface area contributed by atoms with Gasteiger partial charge in [-0.3, -0.25) is 9.71 Å². The summed E-state index contributed by atoms with van der Waals surface area (Å²) in [5, 5.41) is 13.8. The number of hydrogen-bond acceptors (Lipinski definition) is 6. The number of pyridine rings is 1. The van der Waals surface area contributed by atoms with E-state index in [4.69, 9.17) is 4.74 Å². The van der Waals surface area contributed by atoms with Crippen molar-refractivity contribution < 1.29 is 18.3 Å². The Bertz CT molecular complexity index is 1240. The lowest BCUT2D eigenvalue weighted by Crippen LogP contribution is -2.43. The van der Waals surface area contributed by atoms with Crippen LogP contribution >= 0.6 is 0 Å². The number of aliphatic hydroxyl groups excluding tert-OH is 1. The van der Waals surface area contributed by atoms with Crippen LogP contribution in [0.4, 0.5) is 5.69 Å². The lowest BCUT2D eigenvalue weighted by molar-refractivity contribution is 0.0325. The quantitative estimate of drug-likeness (QED) is 0.261. The number of benzene rings is 2. The SMILES string of the molecule is CC(C)(Cc1ccc(NS(=O)(=O)N[C@H]2CCC[C@@H]2OCc2ccccc2)cc1)NC[C@H](O)c1cccnc1. The van der Waals surface area contributed by atoms with Crippen LogP contribution in [-0.2, 0) is 28.0 Å². The molecule has 0 aliphatic heterocycles. The molecule has 0 bridgehead atoms. The zero-order valence-electron chi connectivity index (χ0n) is 22.0. The van der Waals surface area contributed by atoms with Gasteiger partial charge in [0.05, 0.1) is 18.8 Å². The molecule has 3 aromatic rings. The van der Waals surface area contributed by atoms with Crippen molar-refractivity contribution in [3.8, 4) is 0 Å². The number of β-amino-alcohol motifs (C(OH)–C–C–N with tert-alkyl or cyclic N) is 1. The van der Waals surface area contributed by atoms with Crippen LogP contribution in [0.25, 0.3) is 0 Å². The maximum Gasteiger partial charge on any atom is 0.299 e. The number of ether oxygens (including phenoxy) is 1. The molecule has 1 fully saturated rings. The monoisotopic (exact) mass is 538 g/mol. The van der Waals surface area contributed by atoms with Crippen LogP contribution in [-0.4, -0.2) is 42.7 Å². The molecule has 204 valence electrons. The molecule has 3 atom stereocenters. The van der Waals surface area contributed by atoms with E-state index < -0.39 is 16.3 Å². The number of aromatic nitrogens is 1. The van der Waals surface area contributed by atoms with Gasteiger partial charge in [-0.05, 0) is 68.9 Å². The third kappa shape index (κ3) is 8.61. The van der Waals surface area contributed by atoms with Gasteiger partial charge in [0.15, 0.2) is 0 Å². The van der Waals surface area contributed by atoms with Crippen LogP contribution in [0.15, 0.2) is 79.1 Å². The van der Waals surface area contributed by atoms with Crippen LogP contribution in [0.3, 0.4) is 0 Å². The largest absolute Gasteiger partial charge is 0.387 e. The highest BCUT2D eigenvalue weighted by atomic mass is 32.2. The number of hydrogen-bond donors (Lipinski definition) is 4. The fraction of sp³-hybridized carbons (Fsp3) is 0.414. The van der Waals surface area contributed by atoms with Gasteiger partial charge in [0.25, 0.3) is 10.2 Å². The highest BCUT2D eigenvalue weighted by Gasteiger charge is 2.31. The van der Waals surface area contributed by atoms with Gasteiger partial charge in [0.1, 0.15) is 0 Å². The maximum absolute atomic E-state index is 12.8. The van der Waals surface area contributed by atoms with Gasteiger partial charge >= 0.3 is 0 Å². The molecule has 38 heavy (non-hydrogen) atoms. The lowest BCUT2D eigenvalue weighted by atomic mass is 9.94. The normalized spacial score (nSPS) is 18.8. The Morgan fingerprint density at radius 2 is 1.79 bits per heavy atom. The molecule has 4 N–H and O–H groups in total. The molecule has 8 nitrogen and oxygen atoms in total. The van der Waals surface area contributed by atoms with Crippen molar-refractivity contribution in [2.75, 3.05) is 11.3 Å². The van der Waals surface area contributed by atoms with E-state index in [1.807, 2.05) is 48.5 Å². The number of rotatable bonds is 13. The first-order chi connectivity index (χ1) is 18.2. The Labute approximate surface area is 226 Å². The van der Waals surface area contributed by atoms with E-state index in [9.17, 15) is 13.5 Å². The minimum atomic E-state index is -3.75. The van der Waals surface area contributed by atoms with Gasteiger partial charge in [0.2, 0.25) is 0 Å². The average Bonchev–Trinajstić information content (AvgIpc) is 3.34. The highest BCUT2D eigenvalue weighted by molar-refractivity contribution is 7.90. The van der Waals surface area contributed by atoms with Crippen LogP contribution in [0, 0.1) is 0 Å². The maximum atomic E-state index is 12.8. The molecule has 4 rings (SSSR count). The van der Waals surface area contributed by atoms with Crippen LogP contribution in [0.2, 0.25) is 0 Å². The van der Waals surface area contributed by atoms with Crippen molar-refractivity contribution in [3.63, 3.8) is 0 Å². The molecule has 1 heterocycles. The Morgan fingerprint density at radius 3 is 2.50 bits per heavy atom. The summed E-state index contributed by atoms with van der Waals surface area (Å²) >= 11 is 0. The predicted octanol–water partition coefficient (Wildman–Crippen LogP) is 4.11. The molecule has 0 spiro atoms. The second-order valence-electron chi connectivity index (χ2n) is 10.5. The first-order valence-electron chi connectivity index (χ1n) is 13.1. The van der Waals surface area contributed by atoms with Crippen molar-refractivity contribution in [3.05, 3.63) is 95.8 Å². The Hall–Kier alpha value is -2.82. The molecule has 1 aliphatic carbocycles. The summed E-state index contributed by atoms with van der Waals surface area (Å²) in [5.41, 5.74) is 3.12. The predicted molar refractivity (Wildman–Crippen MR) is 150 cm³/mol. The number of nitrogens with one attached hydrogen (secondary N) is 3. The Balaban J connectivity index is 1.26. The summed E-state index contributed by atoms with van der Waals surface area (Å²) in [6.45, 7) is 5.01. The number of anilines is 1. The van der Waals surface area contributed by atoms with Crippen LogP contribution in [0.5, 0.6) is 0 Å². The van der Waals surface area contributed by atoms with Gasteiger partial charge in [-0.25, -0.2) is 0 Å². The van der Waals surface area contributed by atoms with E-state index in [2.05, 4.69) is 33.6 Å². The second-order valence-corrected chi connectivity index (χ2v) is 12.0. The van der Waals surface area contributed by atoms with Gasteiger partial charge < -0.3 is 15.2 Å². The Morgan fingerprint density at radius 1 is 1.03 bits per heavy atom. The van der Waals surface area contributed by atoms with Crippen molar-refractivity contribution >= 4 is 15.9 Å². The van der Waals surface area contributed by atoms with Crippen molar-refractivity contribution in [2.45, 2.75) is 69.9 Å². The van der Waals surface area contributed by atoms with E-state index in [0.29, 0.717) is 25.3 Å². The van der Waals surface area contributed by atoms with Gasteiger partial charge in [-0.15, -0.1) is 0 Å². The van der Waals surface area contributed by atoms with Crippen molar-refractivity contribution in [1.29, 1.82) is 0 Å². The van der Waals surface area contributed by atoms with Crippen molar-refractivity contribution in [2.24, 2.45) is 0 Å². The lowest BCUT2D eigenvalue weighted by Gasteiger charge is -2.28. The third-order valence-electron chi connectivity index (χ3n) is 6.76. The third-order valence-corrected chi connectivity index (χ3v) is 7.88. The summed E-state index contributed by atoms with van der Waals surface area (Å²) in [4.78, 5) is 4.06. The minimum Gasteiger partial charge on any atom is -0.387 e. The van der Waals surface area contributed by atoms with E-state index in [1.165, 1.54) is 0 Å². The minimum absolute atomic E-state index is 0.152. The number of nitrogens with zero attached hydrogens (tertiary/aromatic N) is 1. The first kappa shape index (κ1) is 28.2. The summed E-state index contributed by atoms with van der Waals surface area (Å²) < 4.78 is 37.1. The highest BCUT2D eigenvalue weighted by Crippen LogP contribution is 2.24. The fourth-order valence-electron chi connectivity index (χ4n) is 4.75. The standard InChI is InChI=1S/C29H38N4O4S/c1-29(2,31-20-27(34)24-10-7-17-30-19-24)18-22-13-15-25(16-14-22)32-38(35,36)33-26-11-6-12-28(26)37-21-23-8-4-3-5-9-23/h3-5,7-10,13-17,19,26-28,31-34H,6,11-12,18,20-21H2,1-2H3/t26-,27-,28-/m0/s1. The van der Waals surface area contributed by atoms with Gasteiger partial charge in [0, 0.05) is 41.8 Å². The summed E-state index contributed by atoms with van der Waals surface area (Å²) in [7, 11) is -3.75. The molecule has 9 heteroatoms. The van der Waals surface area contributed by atoms with E-state index in [1.54, 1.807) is 30.6 Å². The van der Waals surface area contributed by atoms with E-state index in [-0.39, 0.29) is 17.7 Å². The topological polar surface area (TPSA) is 113 Å². The smallest absolute Gasteiger partial charge is 0.299 e. The average molecular weight is 539 g/mol. The molecule has 0 amide bonds. The van der Waals surface area contributed by atoms with Crippen LogP contribution in [0.1, 0.15) is 55.9 Å². The molecule has 1 aromatic heterocycles. The molecular weight excluding hydrogens is 500 g/mol. The molecule has 2 aromatic carbocycles. The molecule has 1 saturated carbocycles. The first-order valence-corrected chi connectivity index (χ1v) is 14.5. The summed E-state index contributed by atoms with van der Waals surface area (Å²) in [5.74, 6) is 0. The molecule has 1 aliphatic rings.